The zero-order valence-corrected chi connectivity index (χ0v) is 13.2. The molecule has 0 unspecified atom stereocenters. The van der Waals surface area contributed by atoms with Gasteiger partial charge in [-0.15, -0.1) is 0 Å². The van der Waals surface area contributed by atoms with Crippen molar-refractivity contribution in [1.82, 2.24) is 5.32 Å². The van der Waals surface area contributed by atoms with Gasteiger partial charge in [-0.1, -0.05) is 30.3 Å². The molecule has 0 spiro atoms. The van der Waals surface area contributed by atoms with Crippen LogP contribution in [0.4, 0.5) is 0 Å². The van der Waals surface area contributed by atoms with E-state index in [0.29, 0.717) is 24.8 Å². The Balaban J connectivity index is 1.79. The molecule has 0 saturated heterocycles. The van der Waals surface area contributed by atoms with Crippen LogP contribution in [0.25, 0.3) is 10.8 Å². The molecule has 2 N–H and O–H groups in total. The van der Waals surface area contributed by atoms with Crippen molar-refractivity contribution >= 4 is 28.4 Å². The first-order valence-electron chi connectivity index (χ1n) is 8.09. The van der Waals surface area contributed by atoms with Crippen LogP contribution < -0.4 is 5.32 Å². The van der Waals surface area contributed by atoms with Crippen LogP contribution >= 0.6 is 0 Å². The summed E-state index contributed by atoms with van der Waals surface area (Å²) in [6.45, 7) is 0. The van der Waals surface area contributed by atoms with Crippen LogP contribution in [0.15, 0.2) is 42.5 Å². The molecule has 0 aliphatic heterocycles. The summed E-state index contributed by atoms with van der Waals surface area (Å²) in [5.74, 6) is -1.79. The third-order valence-electron chi connectivity index (χ3n) is 4.56. The molecule has 2 aromatic rings. The number of carbonyl (C=O) groups excluding carboxylic acids is 2. The number of nitrogens with one attached hydrogen (secondary N) is 1. The number of hydrogen-bond acceptors (Lipinski definition) is 3. The van der Waals surface area contributed by atoms with E-state index in [9.17, 15) is 19.5 Å². The second-order valence-corrected chi connectivity index (χ2v) is 6.25. The molecule has 1 saturated carbocycles. The van der Waals surface area contributed by atoms with Gasteiger partial charge in [0.2, 0.25) is 0 Å². The van der Waals surface area contributed by atoms with Crippen LogP contribution in [-0.2, 0) is 9.59 Å². The molecule has 3 rings (SSSR count). The number of aliphatic carboxylic acids is 1. The normalized spacial score (nSPS) is 19.0. The fraction of sp³-hybridized carbons (Fsp3) is 0.316. The highest BCUT2D eigenvalue weighted by Crippen LogP contribution is 2.25. The number of ketones is 1. The van der Waals surface area contributed by atoms with Gasteiger partial charge in [-0.2, -0.15) is 0 Å². The zero-order valence-electron chi connectivity index (χ0n) is 13.2. The first kappa shape index (κ1) is 16.2. The van der Waals surface area contributed by atoms with Gasteiger partial charge in [0.25, 0.3) is 5.91 Å². The quantitative estimate of drug-likeness (QED) is 0.905. The number of benzene rings is 2. The van der Waals surface area contributed by atoms with Crippen LogP contribution in [-0.4, -0.2) is 28.8 Å². The smallest absolute Gasteiger partial charge is 0.326 e. The van der Waals surface area contributed by atoms with E-state index in [2.05, 4.69) is 5.32 Å². The number of fused-ring (bicyclic) bond motifs is 1. The minimum atomic E-state index is -1.09. The molecule has 0 bridgehead atoms. The number of amides is 1. The average molecular weight is 325 g/mol. The number of Topliss-reactive ketones (excluding diaryl/α,β-unsaturated/α-hetero) is 1. The van der Waals surface area contributed by atoms with Gasteiger partial charge in [-0.25, -0.2) is 4.79 Å². The van der Waals surface area contributed by atoms with E-state index >= 15 is 0 Å². The third-order valence-corrected chi connectivity index (χ3v) is 4.56. The van der Waals surface area contributed by atoms with E-state index in [1.54, 1.807) is 12.1 Å². The van der Waals surface area contributed by atoms with E-state index in [4.69, 9.17) is 0 Å². The van der Waals surface area contributed by atoms with Crippen LogP contribution in [0.5, 0.6) is 0 Å². The van der Waals surface area contributed by atoms with Crippen LogP contribution in [0.2, 0.25) is 0 Å². The highest BCUT2D eigenvalue weighted by molar-refractivity contribution is 6.00. The highest BCUT2D eigenvalue weighted by Gasteiger charge is 2.33. The molecule has 1 amide bonds. The monoisotopic (exact) mass is 325 g/mol. The minimum Gasteiger partial charge on any atom is -0.480 e. The maximum Gasteiger partial charge on any atom is 0.326 e. The lowest BCUT2D eigenvalue weighted by molar-refractivity contribution is -0.141. The van der Waals surface area contributed by atoms with Crippen LogP contribution in [0.3, 0.4) is 0 Å². The Bertz CT molecular complexity index is 799. The van der Waals surface area contributed by atoms with Gasteiger partial charge in [-0.05, 0) is 41.7 Å². The fourth-order valence-electron chi connectivity index (χ4n) is 3.28. The van der Waals surface area contributed by atoms with Gasteiger partial charge in [0.05, 0.1) is 0 Å². The molecule has 2 aromatic carbocycles. The molecule has 5 heteroatoms. The average Bonchev–Trinajstić information content (AvgIpc) is 2.58. The Morgan fingerprint density at radius 1 is 1.12 bits per heavy atom. The molecule has 1 aliphatic carbocycles. The lowest BCUT2D eigenvalue weighted by Gasteiger charge is -2.27. The third kappa shape index (κ3) is 3.45. The van der Waals surface area contributed by atoms with Crippen molar-refractivity contribution in [2.24, 2.45) is 5.92 Å². The summed E-state index contributed by atoms with van der Waals surface area (Å²) >= 11 is 0. The first-order valence-corrected chi connectivity index (χ1v) is 8.09. The molecule has 124 valence electrons. The Kier molecular flexibility index (Phi) is 4.60. The molecular weight excluding hydrogens is 306 g/mol. The summed E-state index contributed by atoms with van der Waals surface area (Å²) in [6, 6.07) is 11.9. The van der Waals surface area contributed by atoms with Crippen molar-refractivity contribution in [3.63, 3.8) is 0 Å². The van der Waals surface area contributed by atoms with Crippen LogP contribution in [0, 0.1) is 5.92 Å². The summed E-state index contributed by atoms with van der Waals surface area (Å²) in [7, 11) is 0. The SMILES string of the molecule is O=C1CCC[C@H]([C@@H](NC(=O)c2ccc3ccccc3c2)C(=O)O)C1. The predicted octanol–water partition coefficient (Wildman–Crippen LogP) is 2.78. The summed E-state index contributed by atoms with van der Waals surface area (Å²) in [5.41, 5.74) is 0.419. The number of carbonyl (C=O) groups is 3. The minimum absolute atomic E-state index is 0.0671. The number of rotatable bonds is 4. The molecular formula is C19H19NO4. The van der Waals surface area contributed by atoms with Crippen molar-refractivity contribution < 1.29 is 19.5 Å². The number of carboxylic acid groups (broad SMARTS) is 1. The first-order chi connectivity index (χ1) is 11.5. The van der Waals surface area contributed by atoms with Gasteiger partial charge < -0.3 is 10.4 Å². The van der Waals surface area contributed by atoms with Crippen molar-refractivity contribution in [1.29, 1.82) is 0 Å². The molecule has 1 aliphatic rings. The topological polar surface area (TPSA) is 83.5 Å². The van der Waals surface area contributed by atoms with E-state index in [1.165, 1.54) is 0 Å². The van der Waals surface area contributed by atoms with Crippen molar-refractivity contribution in [3.05, 3.63) is 48.0 Å². The summed E-state index contributed by atoms with van der Waals surface area (Å²) < 4.78 is 0. The van der Waals surface area contributed by atoms with Gasteiger partial charge >= 0.3 is 5.97 Å². The summed E-state index contributed by atoms with van der Waals surface area (Å²) in [5, 5.41) is 14.0. The van der Waals surface area contributed by atoms with E-state index in [0.717, 1.165) is 10.8 Å². The molecule has 1 fully saturated rings. The second kappa shape index (κ2) is 6.83. The van der Waals surface area contributed by atoms with Gasteiger partial charge in [0, 0.05) is 18.4 Å². The second-order valence-electron chi connectivity index (χ2n) is 6.25. The largest absolute Gasteiger partial charge is 0.480 e. The van der Waals surface area contributed by atoms with Crippen molar-refractivity contribution in [2.45, 2.75) is 31.7 Å². The molecule has 2 atom stereocenters. The zero-order chi connectivity index (χ0) is 17.1. The molecule has 5 nitrogen and oxygen atoms in total. The molecule has 24 heavy (non-hydrogen) atoms. The number of hydrogen-bond donors (Lipinski definition) is 2. The number of carboxylic acids is 1. The molecule has 0 radical (unpaired) electrons. The van der Waals surface area contributed by atoms with Crippen LogP contribution in [0.1, 0.15) is 36.0 Å². The maximum absolute atomic E-state index is 12.5. The van der Waals surface area contributed by atoms with Crippen molar-refractivity contribution in [2.75, 3.05) is 0 Å². The van der Waals surface area contributed by atoms with E-state index in [1.807, 2.05) is 30.3 Å². The Labute approximate surface area is 139 Å². The molecule has 0 heterocycles. The van der Waals surface area contributed by atoms with Crippen molar-refractivity contribution in [3.8, 4) is 0 Å². The Morgan fingerprint density at radius 3 is 2.58 bits per heavy atom. The lowest BCUT2D eigenvalue weighted by Crippen LogP contribution is -2.47. The Morgan fingerprint density at radius 2 is 1.88 bits per heavy atom. The van der Waals surface area contributed by atoms with Gasteiger partial charge in [-0.3, -0.25) is 9.59 Å². The molecule has 0 aromatic heterocycles. The van der Waals surface area contributed by atoms with Gasteiger partial charge in [0.1, 0.15) is 11.8 Å². The summed E-state index contributed by atoms with van der Waals surface area (Å²) in [4.78, 5) is 35.6. The van der Waals surface area contributed by atoms with Gasteiger partial charge in [0.15, 0.2) is 0 Å². The predicted molar refractivity (Wildman–Crippen MR) is 89.8 cm³/mol. The lowest BCUT2D eigenvalue weighted by atomic mass is 9.83. The summed E-state index contributed by atoms with van der Waals surface area (Å²) in [6.07, 6.45) is 2.04. The standard InChI is InChI=1S/C19H19NO4/c21-16-7-3-6-14(11-16)17(19(23)24)20-18(22)15-9-8-12-4-1-2-5-13(12)10-15/h1-2,4-5,8-10,14,17H,3,6-7,11H2,(H,20,22)(H,23,24)/t14-,17+/m0/s1. The highest BCUT2D eigenvalue weighted by atomic mass is 16.4. The Hall–Kier alpha value is -2.69. The fourth-order valence-corrected chi connectivity index (χ4v) is 3.28. The van der Waals surface area contributed by atoms with E-state index < -0.39 is 17.9 Å². The maximum atomic E-state index is 12.5. The van der Waals surface area contributed by atoms with E-state index in [-0.39, 0.29) is 18.1 Å².